The van der Waals surface area contributed by atoms with E-state index in [0.717, 1.165) is 16.5 Å². The number of hydrogen-bond donors (Lipinski definition) is 2. The molecule has 0 spiro atoms. The zero-order chi connectivity index (χ0) is 18.7. The Bertz CT molecular complexity index is 981. The van der Waals surface area contributed by atoms with Crippen LogP contribution in [0, 0.1) is 0 Å². The smallest absolute Gasteiger partial charge is 0.337 e. The Balaban J connectivity index is 1.80. The number of ether oxygens (including phenoxy) is 2. The Hall–Kier alpha value is -2.99. The molecule has 0 unspecified atom stereocenters. The number of methoxy groups -OCH3 is 2. The van der Waals surface area contributed by atoms with Crippen molar-refractivity contribution in [1.82, 2.24) is 4.98 Å². The number of fused-ring (bicyclic) bond motifs is 1. The van der Waals surface area contributed by atoms with Crippen molar-refractivity contribution in [1.29, 1.82) is 0 Å². The maximum absolute atomic E-state index is 12.4. The number of esters is 1. The van der Waals surface area contributed by atoms with Crippen LogP contribution in [0.5, 0.6) is 5.75 Å². The number of anilines is 1. The molecule has 6 nitrogen and oxygen atoms in total. The third-order valence-electron chi connectivity index (χ3n) is 3.99. The molecule has 0 atom stereocenters. The fourth-order valence-electron chi connectivity index (χ4n) is 2.66. The van der Waals surface area contributed by atoms with Crippen molar-refractivity contribution >= 4 is 40.1 Å². The summed E-state index contributed by atoms with van der Waals surface area (Å²) in [4.78, 5) is 27.2. The quantitative estimate of drug-likeness (QED) is 0.667. The number of amides is 1. The molecule has 2 N–H and O–H groups in total. The first kappa shape index (κ1) is 17.8. The standard InChI is InChI=1S/C19H17ClN2O4/c1-25-13-4-6-16-14(9-13)12(10-21-16)8-18(23)22-17-7-11(19(24)26-2)3-5-15(17)20/h3-7,9-10,21H,8H2,1-2H3,(H,22,23). The lowest BCUT2D eigenvalue weighted by Gasteiger charge is -2.09. The molecule has 7 heteroatoms. The first-order valence-electron chi connectivity index (χ1n) is 7.83. The fraction of sp³-hybridized carbons (Fsp3) is 0.158. The van der Waals surface area contributed by atoms with E-state index < -0.39 is 5.97 Å². The molecule has 0 radical (unpaired) electrons. The third-order valence-corrected chi connectivity index (χ3v) is 4.32. The molecule has 3 aromatic rings. The fourth-order valence-corrected chi connectivity index (χ4v) is 2.83. The monoisotopic (exact) mass is 372 g/mol. The number of hydrogen-bond acceptors (Lipinski definition) is 4. The highest BCUT2D eigenvalue weighted by molar-refractivity contribution is 6.33. The van der Waals surface area contributed by atoms with Gasteiger partial charge >= 0.3 is 5.97 Å². The van der Waals surface area contributed by atoms with Gasteiger partial charge in [-0.15, -0.1) is 0 Å². The van der Waals surface area contributed by atoms with Crippen LogP contribution in [0.1, 0.15) is 15.9 Å². The van der Waals surface area contributed by atoms with Crippen molar-refractivity contribution in [2.45, 2.75) is 6.42 Å². The molecule has 1 heterocycles. The molecule has 26 heavy (non-hydrogen) atoms. The van der Waals surface area contributed by atoms with Gasteiger partial charge < -0.3 is 19.8 Å². The molecule has 0 aliphatic carbocycles. The van der Waals surface area contributed by atoms with Crippen LogP contribution in [0.15, 0.2) is 42.6 Å². The number of carbonyl (C=O) groups excluding carboxylic acids is 2. The Labute approximate surface area is 155 Å². The molecular weight excluding hydrogens is 356 g/mol. The summed E-state index contributed by atoms with van der Waals surface area (Å²) < 4.78 is 9.91. The van der Waals surface area contributed by atoms with E-state index in [-0.39, 0.29) is 12.3 Å². The number of aromatic nitrogens is 1. The van der Waals surface area contributed by atoms with Crippen LogP contribution in [0.25, 0.3) is 10.9 Å². The van der Waals surface area contributed by atoms with Crippen molar-refractivity contribution in [2.75, 3.05) is 19.5 Å². The summed E-state index contributed by atoms with van der Waals surface area (Å²) in [5.41, 5.74) is 2.41. The van der Waals surface area contributed by atoms with Crippen LogP contribution in [-0.4, -0.2) is 31.1 Å². The molecule has 1 amide bonds. The molecule has 0 saturated carbocycles. The predicted octanol–water partition coefficient (Wildman–Crippen LogP) is 3.80. The number of nitrogens with one attached hydrogen (secondary N) is 2. The van der Waals surface area contributed by atoms with Gasteiger partial charge in [-0.1, -0.05) is 11.6 Å². The lowest BCUT2D eigenvalue weighted by Crippen LogP contribution is -2.15. The van der Waals surface area contributed by atoms with Crippen molar-refractivity contribution in [3.8, 4) is 5.75 Å². The molecule has 0 aliphatic heterocycles. The predicted molar refractivity (Wildman–Crippen MR) is 100.0 cm³/mol. The van der Waals surface area contributed by atoms with Gasteiger partial charge in [0.15, 0.2) is 0 Å². The number of benzene rings is 2. The number of rotatable bonds is 5. The molecule has 0 aliphatic rings. The second-order valence-electron chi connectivity index (χ2n) is 5.64. The van der Waals surface area contributed by atoms with E-state index in [4.69, 9.17) is 16.3 Å². The highest BCUT2D eigenvalue weighted by atomic mass is 35.5. The van der Waals surface area contributed by atoms with Gasteiger partial charge in [-0.2, -0.15) is 0 Å². The Morgan fingerprint density at radius 1 is 1.15 bits per heavy atom. The van der Waals surface area contributed by atoms with Crippen molar-refractivity contribution in [2.24, 2.45) is 0 Å². The first-order chi connectivity index (χ1) is 12.5. The van der Waals surface area contributed by atoms with Crippen LogP contribution in [0.3, 0.4) is 0 Å². The summed E-state index contributed by atoms with van der Waals surface area (Å²) in [6.07, 6.45) is 1.93. The molecule has 3 rings (SSSR count). The molecular formula is C19H17ClN2O4. The maximum atomic E-state index is 12.4. The average Bonchev–Trinajstić information content (AvgIpc) is 3.04. The van der Waals surface area contributed by atoms with E-state index in [0.29, 0.717) is 22.0 Å². The summed E-state index contributed by atoms with van der Waals surface area (Å²) in [6, 6.07) is 10.2. The van der Waals surface area contributed by atoms with Gasteiger partial charge in [-0.25, -0.2) is 4.79 Å². The maximum Gasteiger partial charge on any atom is 0.337 e. The zero-order valence-corrected chi connectivity index (χ0v) is 15.0. The van der Waals surface area contributed by atoms with Gasteiger partial charge in [0.1, 0.15) is 5.75 Å². The summed E-state index contributed by atoms with van der Waals surface area (Å²) in [7, 11) is 2.89. The van der Waals surface area contributed by atoms with Crippen LogP contribution >= 0.6 is 11.6 Å². The van der Waals surface area contributed by atoms with Gasteiger partial charge in [-0.05, 0) is 42.0 Å². The normalized spacial score (nSPS) is 10.6. The van der Waals surface area contributed by atoms with E-state index in [1.54, 1.807) is 19.4 Å². The van der Waals surface area contributed by atoms with Crippen LogP contribution in [0.2, 0.25) is 5.02 Å². The van der Waals surface area contributed by atoms with Gasteiger partial charge in [0.05, 0.1) is 36.9 Å². The largest absolute Gasteiger partial charge is 0.497 e. The average molecular weight is 373 g/mol. The van der Waals surface area contributed by atoms with E-state index in [1.807, 2.05) is 18.2 Å². The van der Waals surface area contributed by atoms with Crippen molar-refractivity contribution < 1.29 is 19.1 Å². The van der Waals surface area contributed by atoms with E-state index >= 15 is 0 Å². The topological polar surface area (TPSA) is 80.4 Å². The number of H-pyrrole nitrogens is 1. The summed E-state index contributed by atoms with van der Waals surface area (Å²) in [6.45, 7) is 0. The molecule has 134 valence electrons. The summed E-state index contributed by atoms with van der Waals surface area (Å²) >= 11 is 6.12. The SMILES string of the molecule is COC(=O)c1ccc(Cl)c(NC(=O)Cc2c[nH]c3ccc(OC)cc23)c1. The lowest BCUT2D eigenvalue weighted by molar-refractivity contribution is -0.115. The van der Waals surface area contributed by atoms with Crippen molar-refractivity contribution in [3.63, 3.8) is 0 Å². The Kier molecular flexibility index (Phi) is 5.14. The minimum Gasteiger partial charge on any atom is -0.497 e. The highest BCUT2D eigenvalue weighted by Crippen LogP contribution is 2.26. The highest BCUT2D eigenvalue weighted by Gasteiger charge is 2.13. The molecule has 2 aromatic carbocycles. The van der Waals surface area contributed by atoms with Crippen LogP contribution in [-0.2, 0) is 16.0 Å². The number of aromatic amines is 1. The molecule has 0 fully saturated rings. The zero-order valence-electron chi connectivity index (χ0n) is 14.3. The summed E-state index contributed by atoms with van der Waals surface area (Å²) in [5.74, 6) is -0.0360. The Morgan fingerprint density at radius 3 is 2.69 bits per heavy atom. The van der Waals surface area contributed by atoms with Gasteiger partial charge in [-0.3, -0.25) is 4.79 Å². The second kappa shape index (κ2) is 7.49. The van der Waals surface area contributed by atoms with E-state index in [9.17, 15) is 9.59 Å². The van der Waals surface area contributed by atoms with Gasteiger partial charge in [0, 0.05) is 17.1 Å². The lowest BCUT2D eigenvalue weighted by atomic mass is 10.1. The van der Waals surface area contributed by atoms with Crippen LogP contribution < -0.4 is 10.1 Å². The minimum atomic E-state index is -0.499. The van der Waals surface area contributed by atoms with E-state index in [2.05, 4.69) is 15.0 Å². The molecule has 1 aromatic heterocycles. The third kappa shape index (κ3) is 3.65. The second-order valence-corrected chi connectivity index (χ2v) is 6.04. The van der Waals surface area contributed by atoms with Crippen molar-refractivity contribution in [3.05, 3.63) is 58.7 Å². The number of carbonyl (C=O) groups is 2. The Morgan fingerprint density at radius 2 is 1.96 bits per heavy atom. The van der Waals surface area contributed by atoms with Crippen LogP contribution in [0.4, 0.5) is 5.69 Å². The number of halogens is 1. The van der Waals surface area contributed by atoms with Gasteiger partial charge in [0.25, 0.3) is 0 Å². The minimum absolute atomic E-state index is 0.145. The molecule has 0 bridgehead atoms. The van der Waals surface area contributed by atoms with Gasteiger partial charge in [0.2, 0.25) is 5.91 Å². The van der Waals surface area contributed by atoms with E-state index in [1.165, 1.54) is 19.2 Å². The molecule has 0 saturated heterocycles. The summed E-state index contributed by atoms with van der Waals surface area (Å²) in [5, 5.41) is 3.99. The first-order valence-corrected chi connectivity index (χ1v) is 8.21.